The number of halogens is 3. The fourth-order valence-electron chi connectivity index (χ4n) is 2.30. The van der Waals surface area contributed by atoms with E-state index in [4.69, 9.17) is 27.9 Å². The highest BCUT2D eigenvalue weighted by Crippen LogP contribution is 2.30. The number of nitrogens with zero attached hydrogens (tertiary/aromatic N) is 3. The molecule has 0 spiro atoms. The lowest BCUT2D eigenvalue weighted by atomic mass is 10.1. The van der Waals surface area contributed by atoms with Crippen molar-refractivity contribution < 1.29 is 4.74 Å². The number of ether oxygens (including phenoxy) is 1. The van der Waals surface area contributed by atoms with Crippen molar-refractivity contribution >= 4 is 51.2 Å². The molecule has 0 saturated carbocycles. The molecule has 0 aliphatic heterocycles. The van der Waals surface area contributed by atoms with Crippen LogP contribution < -0.4 is 4.74 Å². The van der Waals surface area contributed by atoms with Gasteiger partial charge in [0.05, 0.1) is 22.2 Å². The lowest BCUT2D eigenvalue weighted by molar-refractivity contribution is 0.211. The molecule has 0 fully saturated rings. The summed E-state index contributed by atoms with van der Waals surface area (Å²) in [4.78, 5) is 11.0. The molecule has 0 bridgehead atoms. The maximum atomic E-state index is 6.06. The highest BCUT2D eigenvalue weighted by molar-refractivity contribution is 9.10. The van der Waals surface area contributed by atoms with Gasteiger partial charge in [0.15, 0.2) is 0 Å². The first-order chi connectivity index (χ1) is 12.3. The Balaban J connectivity index is 2.11. The number of hydrogen-bond donors (Lipinski definition) is 0. The molecule has 2 rings (SSSR count). The van der Waals surface area contributed by atoms with E-state index in [0.29, 0.717) is 22.3 Å². The molecule has 0 aliphatic carbocycles. The van der Waals surface area contributed by atoms with Crippen molar-refractivity contribution in [2.24, 2.45) is 4.99 Å². The van der Waals surface area contributed by atoms with Crippen molar-refractivity contribution in [1.82, 2.24) is 9.88 Å². The van der Waals surface area contributed by atoms with Crippen LogP contribution in [0.15, 0.2) is 33.7 Å². The largest absolute Gasteiger partial charge is 0.473 e. The Labute approximate surface area is 173 Å². The molecule has 4 nitrogen and oxygen atoms in total. The molecule has 1 heterocycles. The molecule has 140 valence electrons. The molecule has 2 aromatic rings. The maximum Gasteiger partial charge on any atom is 0.228 e. The van der Waals surface area contributed by atoms with Gasteiger partial charge in [-0.3, -0.25) is 0 Å². The number of pyridine rings is 1. The van der Waals surface area contributed by atoms with Crippen LogP contribution in [0.25, 0.3) is 0 Å². The summed E-state index contributed by atoms with van der Waals surface area (Å²) in [6, 6.07) is 7.42. The number of rotatable bonds is 7. The van der Waals surface area contributed by atoms with Gasteiger partial charge in [0.2, 0.25) is 5.88 Å². The van der Waals surface area contributed by atoms with Crippen LogP contribution in [-0.2, 0) is 6.42 Å². The second-order valence-corrected chi connectivity index (χ2v) is 7.84. The summed E-state index contributed by atoms with van der Waals surface area (Å²) in [5.41, 5.74) is 2.63. The summed E-state index contributed by atoms with van der Waals surface area (Å²) in [6.07, 6.45) is 2.38. The van der Waals surface area contributed by atoms with Gasteiger partial charge in [-0.2, -0.15) is 0 Å². The van der Waals surface area contributed by atoms with Crippen LogP contribution in [0.4, 0.5) is 5.69 Å². The highest BCUT2D eigenvalue weighted by atomic mass is 79.9. The van der Waals surface area contributed by atoms with Crippen molar-refractivity contribution in [3.05, 3.63) is 50.0 Å². The van der Waals surface area contributed by atoms with Crippen molar-refractivity contribution in [2.45, 2.75) is 33.3 Å². The summed E-state index contributed by atoms with van der Waals surface area (Å²) in [6.45, 7) is 6.86. The molecule has 0 radical (unpaired) electrons. The first-order valence-corrected chi connectivity index (χ1v) is 9.86. The van der Waals surface area contributed by atoms with Crippen molar-refractivity contribution in [3.8, 4) is 5.88 Å². The van der Waals surface area contributed by atoms with Crippen molar-refractivity contribution in [1.29, 1.82) is 0 Å². The minimum atomic E-state index is -0.0895. The van der Waals surface area contributed by atoms with Crippen LogP contribution in [-0.4, -0.2) is 35.9 Å². The van der Waals surface area contributed by atoms with Crippen LogP contribution in [0.2, 0.25) is 10.0 Å². The molecule has 0 saturated heterocycles. The third-order valence-electron chi connectivity index (χ3n) is 3.76. The van der Waals surface area contributed by atoms with E-state index in [0.717, 1.165) is 28.0 Å². The van der Waals surface area contributed by atoms with Gasteiger partial charge >= 0.3 is 0 Å². The normalized spacial score (nSPS) is 12.4. The standard InChI is InChI=1S/C19H22BrCl2N3O/c1-5-25(4)11-23-18-10-17(20)19(24-13(18)3)26-12(2)6-14-7-15(21)9-16(22)8-14/h7-12H,5-6H2,1-4H3. The summed E-state index contributed by atoms with van der Waals surface area (Å²) in [7, 11) is 1.97. The quantitative estimate of drug-likeness (QED) is 0.372. The van der Waals surface area contributed by atoms with Crippen LogP contribution in [0.1, 0.15) is 25.1 Å². The molecular weight excluding hydrogens is 437 g/mol. The van der Waals surface area contributed by atoms with Crippen LogP contribution in [0.3, 0.4) is 0 Å². The van der Waals surface area contributed by atoms with Crippen molar-refractivity contribution in [3.63, 3.8) is 0 Å². The predicted octanol–water partition coefficient (Wildman–Crippen LogP) is 6.08. The van der Waals surface area contributed by atoms with E-state index in [2.05, 4.69) is 32.8 Å². The van der Waals surface area contributed by atoms with Gasteiger partial charge in [-0.05, 0) is 66.5 Å². The van der Waals surface area contributed by atoms with Gasteiger partial charge in [-0.25, -0.2) is 9.98 Å². The van der Waals surface area contributed by atoms with Gasteiger partial charge in [0, 0.05) is 30.1 Å². The average Bonchev–Trinajstić information content (AvgIpc) is 2.55. The summed E-state index contributed by atoms with van der Waals surface area (Å²) < 4.78 is 6.77. The molecule has 7 heteroatoms. The fraction of sp³-hybridized carbons (Fsp3) is 0.368. The molecular formula is C19H22BrCl2N3O. The zero-order chi connectivity index (χ0) is 19.3. The third-order valence-corrected chi connectivity index (χ3v) is 4.76. The summed E-state index contributed by atoms with van der Waals surface area (Å²) in [5.74, 6) is 0.547. The van der Waals surface area contributed by atoms with E-state index in [1.54, 1.807) is 12.4 Å². The Morgan fingerprint density at radius 1 is 1.27 bits per heavy atom. The molecule has 1 unspecified atom stereocenters. The maximum absolute atomic E-state index is 6.06. The number of aryl methyl sites for hydroxylation is 1. The molecule has 0 aliphatic rings. The van der Waals surface area contributed by atoms with Crippen LogP contribution in [0.5, 0.6) is 5.88 Å². The van der Waals surface area contributed by atoms with Gasteiger partial charge in [-0.1, -0.05) is 23.2 Å². The Bertz CT molecular complexity index is 778. The second kappa shape index (κ2) is 9.58. The highest BCUT2D eigenvalue weighted by Gasteiger charge is 2.13. The molecule has 26 heavy (non-hydrogen) atoms. The topological polar surface area (TPSA) is 37.7 Å². The molecule has 1 aromatic carbocycles. The smallest absolute Gasteiger partial charge is 0.228 e. The van der Waals surface area contributed by atoms with E-state index >= 15 is 0 Å². The Morgan fingerprint density at radius 2 is 1.92 bits per heavy atom. The number of benzene rings is 1. The SMILES string of the molecule is CCN(C)C=Nc1cc(Br)c(OC(C)Cc2cc(Cl)cc(Cl)c2)nc1C. The average molecular weight is 459 g/mol. The lowest BCUT2D eigenvalue weighted by Crippen LogP contribution is -2.16. The van der Waals surface area contributed by atoms with Gasteiger partial charge in [0.25, 0.3) is 0 Å². The van der Waals surface area contributed by atoms with E-state index < -0.39 is 0 Å². The minimum Gasteiger partial charge on any atom is -0.473 e. The number of aliphatic imine (C=N–C) groups is 1. The van der Waals surface area contributed by atoms with Gasteiger partial charge in [0.1, 0.15) is 6.10 Å². The van der Waals surface area contributed by atoms with E-state index in [9.17, 15) is 0 Å². The Morgan fingerprint density at radius 3 is 2.54 bits per heavy atom. The summed E-state index contributed by atoms with van der Waals surface area (Å²) >= 11 is 15.6. The second-order valence-electron chi connectivity index (χ2n) is 6.11. The first kappa shape index (κ1) is 21.0. The monoisotopic (exact) mass is 457 g/mol. The molecule has 0 N–H and O–H groups in total. The van der Waals surface area contributed by atoms with Gasteiger partial charge < -0.3 is 9.64 Å². The Kier molecular flexibility index (Phi) is 7.74. The van der Waals surface area contributed by atoms with Crippen LogP contribution in [0, 0.1) is 6.92 Å². The Hall–Kier alpha value is -1.30. The predicted molar refractivity (Wildman–Crippen MR) is 113 cm³/mol. The lowest BCUT2D eigenvalue weighted by Gasteiger charge is -2.16. The molecule has 1 atom stereocenters. The van der Waals surface area contributed by atoms with E-state index in [1.807, 2.05) is 44.0 Å². The number of aromatic nitrogens is 1. The fourth-order valence-corrected chi connectivity index (χ4v) is 3.27. The zero-order valence-corrected chi connectivity index (χ0v) is 18.4. The third kappa shape index (κ3) is 6.15. The first-order valence-electron chi connectivity index (χ1n) is 8.31. The number of hydrogen-bond acceptors (Lipinski definition) is 3. The van der Waals surface area contributed by atoms with Gasteiger partial charge in [-0.15, -0.1) is 0 Å². The summed E-state index contributed by atoms with van der Waals surface area (Å²) in [5, 5.41) is 1.24. The van der Waals surface area contributed by atoms with E-state index in [-0.39, 0.29) is 6.10 Å². The minimum absolute atomic E-state index is 0.0895. The van der Waals surface area contributed by atoms with Crippen molar-refractivity contribution in [2.75, 3.05) is 13.6 Å². The zero-order valence-electron chi connectivity index (χ0n) is 15.3. The molecule has 0 amide bonds. The molecule has 1 aromatic heterocycles. The van der Waals surface area contributed by atoms with E-state index in [1.165, 1.54) is 0 Å². The van der Waals surface area contributed by atoms with Crippen LogP contribution >= 0.6 is 39.1 Å².